The summed E-state index contributed by atoms with van der Waals surface area (Å²) in [6.45, 7) is 0. The Labute approximate surface area is 96.2 Å². The highest BCUT2D eigenvalue weighted by molar-refractivity contribution is 6.43. The average molecular weight is 247 g/mol. The summed E-state index contributed by atoms with van der Waals surface area (Å²) in [6, 6.07) is 5.11. The summed E-state index contributed by atoms with van der Waals surface area (Å²) in [7, 11) is 0. The molecule has 0 bridgehead atoms. The highest BCUT2D eigenvalue weighted by atomic mass is 35.5. The normalized spacial score (nSPS) is 12.1. The van der Waals surface area contributed by atoms with Crippen molar-refractivity contribution < 1.29 is 5.21 Å². The van der Waals surface area contributed by atoms with Gasteiger partial charge in [-0.25, -0.2) is 5.48 Å². The molecule has 0 aliphatic carbocycles. The molecular weight excluding hydrogens is 239 g/mol. The molecule has 5 nitrogen and oxygen atoms in total. The van der Waals surface area contributed by atoms with Crippen LogP contribution in [0.1, 0.15) is 5.56 Å². The smallest absolute Gasteiger partial charge is 0.237 e. The quantitative estimate of drug-likeness (QED) is 0.422. The third-order valence-electron chi connectivity index (χ3n) is 1.46. The van der Waals surface area contributed by atoms with E-state index in [1.807, 2.05) is 0 Å². The van der Waals surface area contributed by atoms with Gasteiger partial charge in [0.25, 0.3) is 0 Å². The first-order valence-corrected chi connectivity index (χ1v) is 4.61. The minimum Gasteiger partial charge on any atom is -0.367 e. The Bertz CT molecular complexity index is 406. The van der Waals surface area contributed by atoms with Crippen molar-refractivity contribution >= 4 is 35.4 Å². The second kappa shape index (κ2) is 5.55. The molecule has 80 valence electrons. The molecule has 0 radical (unpaired) electrons. The number of guanidine groups is 1. The number of hydrogen-bond donors (Lipinski definition) is 3. The van der Waals surface area contributed by atoms with E-state index in [9.17, 15) is 0 Å². The predicted octanol–water partition coefficient (Wildman–Crippen LogP) is 1.62. The fourth-order valence-electron chi connectivity index (χ4n) is 0.796. The minimum atomic E-state index is -0.218. The van der Waals surface area contributed by atoms with Gasteiger partial charge < -0.3 is 5.73 Å². The van der Waals surface area contributed by atoms with Crippen molar-refractivity contribution in [1.29, 1.82) is 0 Å². The van der Waals surface area contributed by atoms with Crippen molar-refractivity contribution in [2.24, 2.45) is 15.9 Å². The van der Waals surface area contributed by atoms with Crippen molar-refractivity contribution in [2.75, 3.05) is 0 Å². The number of hydroxylamine groups is 1. The fourth-order valence-corrected chi connectivity index (χ4v) is 1.15. The van der Waals surface area contributed by atoms with Gasteiger partial charge >= 0.3 is 0 Å². The lowest BCUT2D eigenvalue weighted by atomic mass is 10.2. The molecule has 0 atom stereocenters. The molecule has 0 spiro atoms. The molecule has 15 heavy (non-hydrogen) atoms. The number of benzene rings is 1. The molecule has 0 amide bonds. The monoisotopic (exact) mass is 246 g/mol. The Morgan fingerprint density at radius 1 is 1.47 bits per heavy atom. The van der Waals surface area contributed by atoms with E-state index in [0.717, 1.165) is 0 Å². The van der Waals surface area contributed by atoms with E-state index in [0.29, 0.717) is 15.6 Å². The van der Waals surface area contributed by atoms with Crippen LogP contribution in [0.4, 0.5) is 0 Å². The summed E-state index contributed by atoms with van der Waals surface area (Å²) in [5.74, 6) is -0.218. The maximum absolute atomic E-state index is 8.30. The summed E-state index contributed by atoms with van der Waals surface area (Å²) < 4.78 is 0. The lowest BCUT2D eigenvalue weighted by Crippen LogP contribution is -2.27. The summed E-state index contributed by atoms with van der Waals surface area (Å²) in [5.41, 5.74) is 7.36. The molecule has 0 aliphatic heterocycles. The van der Waals surface area contributed by atoms with Crippen LogP contribution in [0, 0.1) is 0 Å². The molecule has 0 saturated heterocycles. The number of nitrogens with two attached hydrogens (primary N) is 1. The van der Waals surface area contributed by atoms with Crippen molar-refractivity contribution in [3.8, 4) is 0 Å². The van der Waals surface area contributed by atoms with Gasteiger partial charge in [-0.05, 0) is 6.07 Å². The van der Waals surface area contributed by atoms with Crippen LogP contribution in [-0.2, 0) is 0 Å². The molecular formula is C8H8Cl2N4O. The van der Waals surface area contributed by atoms with Gasteiger partial charge in [-0.15, -0.1) is 5.10 Å². The van der Waals surface area contributed by atoms with Crippen molar-refractivity contribution in [3.63, 3.8) is 0 Å². The Kier molecular flexibility index (Phi) is 4.36. The SMILES string of the molecule is NC(=NN=Cc1cccc(Cl)c1Cl)NO. The molecule has 0 heterocycles. The minimum absolute atomic E-state index is 0.218. The number of hydrogen-bond acceptors (Lipinski definition) is 3. The summed E-state index contributed by atoms with van der Waals surface area (Å²) in [4.78, 5) is 0. The van der Waals surface area contributed by atoms with Gasteiger partial charge in [-0.2, -0.15) is 5.10 Å². The maximum atomic E-state index is 8.30. The Morgan fingerprint density at radius 2 is 2.20 bits per heavy atom. The van der Waals surface area contributed by atoms with Crippen molar-refractivity contribution in [1.82, 2.24) is 5.48 Å². The highest BCUT2D eigenvalue weighted by Crippen LogP contribution is 2.24. The lowest BCUT2D eigenvalue weighted by Gasteiger charge is -1.98. The highest BCUT2D eigenvalue weighted by Gasteiger charge is 2.00. The zero-order chi connectivity index (χ0) is 11.3. The zero-order valence-corrected chi connectivity index (χ0v) is 9.00. The number of nitrogens with zero attached hydrogens (tertiary/aromatic N) is 2. The van der Waals surface area contributed by atoms with E-state index in [-0.39, 0.29) is 5.96 Å². The summed E-state index contributed by atoms with van der Waals surface area (Å²) in [5, 5.41) is 16.1. The van der Waals surface area contributed by atoms with Crippen LogP contribution in [0.3, 0.4) is 0 Å². The Hall–Kier alpha value is -1.30. The predicted molar refractivity (Wildman–Crippen MR) is 60.6 cm³/mol. The number of halogens is 2. The van der Waals surface area contributed by atoms with Crippen LogP contribution in [0.5, 0.6) is 0 Å². The van der Waals surface area contributed by atoms with Gasteiger partial charge in [0.2, 0.25) is 5.96 Å². The standard InChI is InChI=1S/C8H8Cl2N4O/c9-6-3-1-2-5(7(6)10)4-12-13-8(11)14-15/h1-4,15H,(H3,11,13,14). The van der Waals surface area contributed by atoms with E-state index in [1.165, 1.54) is 6.21 Å². The fraction of sp³-hybridized carbons (Fsp3) is 0. The van der Waals surface area contributed by atoms with Crippen LogP contribution in [0.2, 0.25) is 10.0 Å². The molecule has 7 heteroatoms. The third-order valence-corrected chi connectivity index (χ3v) is 2.29. The van der Waals surface area contributed by atoms with Crippen LogP contribution in [0.15, 0.2) is 28.4 Å². The number of nitrogens with one attached hydrogen (secondary N) is 1. The zero-order valence-electron chi connectivity index (χ0n) is 7.48. The van der Waals surface area contributed by atoms with E-state index >= 15 is 0 Å². The molecule has 0 aliphatic rings. The first-order chi connectivity index (χ1) is 7.15. The van der Waals surface area contributed by atoms with E-state index in [2.05, 4.69) is 10.2 Å². The van der Waals surface area contributed by atoms with Gasteiger partial charge in [0, 0.05) is 5.56 Å². The van der Waals surface area contributed by atoms with Gasteiger partial charge in [0.05, 0.1) is 16.3 Å². The first-order valence-electron chi connectivity index (χ1n) is 3.85. The lowest BCUT2D eigenvalue weighted by molar-refractivity contribution is 0.232. The van der Waals surface area contributed by atoms with E-state index < -0.39 is 0 Å². The van der Waals surface area contributed by atoms with Crippen molar-refractivity contribution in [2.45, 2.75) is 0 Å². The van der Waals surface area contributed by atoms with Crippen LogP contribution < -0.4 is 11.2 Å². The second-order valence-electron chi connectivity index (χ2n) is 2.48. The summed E-state index contributed by atoms with van der Waals surface area (Å²) in [6.07, 6.45) is 1.37. The average Bonchev–Trinajstić information content (AvgIpc) is 2.24. The summed E-state index contributed by atoms with van der Waals surface area (Å²) >= 11 is 11.7. The molecule has 0 aromatic heterocycles. The van der Waals surface area contributed by atoms with Crippen LogP contribution >= 0.6 is 23.2 Å². The van der Waals surface area contributed by atoms with Gasteiger partial charge in [0.15, 0.2) is 0 Å². The maximum Gasteiger partial charge on any atom is 0.237 e. The molecule has 0 fully saturated rings. The van der Waals surface area contributed by atoms with Crippen LogP contribution in [0.25, 0.3) is 0 Å². The van der Waals surface area contributed by atoms with Gasteiger partial charge in [-0.1, -0.05) is 35.3 Å². The molecule has 0 unspecified atom stereocenters. The molecule has 0 saturated carbocycles. The number of rotatable bonds is 2. The van der Waals surface area contributed by atoms with Crippen LogP contribution in [-0.4, -0.2) is 17.4 Å². The van der Waals surface area contributed by atoms with Crippen molar-refractivity contribution in [3.05, 3.63) is 33.8 Å². The molecule has 4 N–H and O–H groups in total. The molecule has 1 aromatic rings. The Morgan fingerprint density at radius 3 is 2.87 bits per heavy atom. The Balaban J connectivity index is 2.86. The van der Waals surface area contributed by atoms with E-state index in [4.69, 9.17) is 34.1 Å². The van der Waals surface area contributed by atoms with Gasteiger partial charge in [0.1, 0.15) is 0 Å². The molecule has 1 aromatic carbocycles. The van der Waals surface area contributed by atoms with E-state index in [1.54, 1.807) is 23.7 Å². The molecule has 1 rings (SSSR count). The topological polar surface area (TPSA) is 83.0 Å². The largest absolute Gasteiger partial charge is 0.367 e. The van der Waals surface area contributed by atoms with Gasteiger partial charge in [-0.3, -0.25) is 5.21 Å². The first kappa shape index (κ1) is 11.8. The third kappa shape index (κ3) is 3.39. The second-order valence-corrected chi connectivity index (χ2v) is 3.27.